The Hall–Kier alpha value is -0.290. The Balaban J connectivity index is 2.30. The van der Waals surface area contributed by atoms with Gasteiger partial charge in [-0.3, -0.25) is 4.90 Å². The van der Waals surface area contributed by atoms with Gasteiger partial charge in [0.2, 0.25) is 0 Å². The summed E-state index contributed by atoms with van der Waals surface area (Å²) in [7, 11) is 0. The second kappa shape index (κ2) is 4.09. The zero-order valence-corrected chi connectivity index (χ0v) is 6.59. The van der Waals surface area contributed by atoms with Gasteiger partial charge in [0, 0.05) is 13.1 Å². The Morgan fingerprint density at radius 1 is 1.50 bits per heavy atom. The maximum Gasteiger partial charge on any atom is 0.251 e. The van der Waals surface area contributed by atoms with Crippen LogP contribution < -0.4 is 0 Å². The van der Waals surface area contributed by atoms with Crippen molar-refractivity contribution in [2.75, 3.05) is 19.6 Å². The standard InChI is InChI=1S/C7H12F3NO/c8-5-3-11(4-7(9)10)2-1-6(5)12/h5-7,12H,1-4H2/t5-,6?/m1/s1. The summed E-state index contributed by atoms with van der Waals surface area (Å²) in [5, 5.41) is 8.94. The van der Waals surface area contributed by atoms with Crippen molar-refractivity contribution in [1.29, 1.82) is 0 Å². The smallest absolute Gasteiger partial charge is 0.251 e. The molecule has 72 valence electrons. The first kappa shape index (κ1) is 9.80. The molecule has 0 spiro atoms. The van der Waals surface area contributed by atoms with E-state index in [1.807, 2.05) is 0 Å². The summed E-state index contributed by atoms with van der Waals surface area (Å²) in [5.74, 6) is 0. The summed E-state index contributed by atoms with van der Waals surface area (Å²) >= 11 is 0. The second-order valence-corrected chi connectivity index (χ2v) is 3.02. The molecule has 1 rings (SSSR count). The van der Waals surface area contributed by atoms with Crippen molar-refractivity contribution >= 4 is 0 Å². The predicted molar refractivity (Wildman–Crippen MR) is 38.0 cm³/mol. The number of halogens is 3. The van der Waals surface area contributed by atoms with Crippen molar-refractivity contribution in [1.82, 2.24) is 4.90 Å². The monoisotopic (exact) mass is 183 g/mol. The number of aliphatic hydroxyl groups is 1. The van der Waals surface area contributed by atoms with Crippen molar-refractivity contribution in [2.45, 2.75) is 25.1 Å². The summed E-state index contributed by atoms with van der Waals surface area (Å²) in [6.07, 6.45) is -4.53. The van der Waals surface area contributed by atoms with Crippen LogP contribution in [0.4, 0.5) is 13.2 Å². The molecule has 5 heteroatoms. The molecule has 1 fully saturated rings. The van der Waals surface area contributed by atoms with Crippen LogP contribution in [0.25, 0.3) is 0 Å². The van der Waals surface area contributed by atoms with E-state index < -0.39 is 25.2 Å². The van der Waals surface area contributed by atoms with Gasteiger partial charge in [-0.25, -0.2) is 13.2 Å². The van der Waals surface area contributed by atoms with Crippen LogP contribution in [0.1, 0.15) is 6.42 Å². The van der Waals surface area contributed by atoms with E-state index in [1.54, 1.807) is 0 Å². The minimum atomic E-state index is -2.42. The molecule has 0 saturated carbocycles. The number of nitrogens with zero attached hydrogens (tertiary/aromatic N) is 1. The van der Waals surface area contributed by atoms with E-state index in [1.165, 1.54) is 4.90 Å². The lowest BCUT2D eigenvalue weighted by Crippen LogP contribution is -2.46. The summed E-state index contributed by atoms with van der Waals surface area (Å²) in [4.78, 5) is 1.34. The highest BCUT2D eigenvalue weighted by Crippen LogP contribution is 2.14. The lowest BCUT2D eigenvalue weighted by atomic mass is 10.1. The first-order valence-corrected chi connectivity index (χ1v) is 3.92. The number of rotatable bonds is 2. The number of aliphatic hydroxyl groups excluding tert-OH is 1. The zero-order chi connectivity index (χ0) is 9.14. The van der Waals surface area contributed by atoms with E-state index in [9.17, 15) is 13.2 Å². The predicted octanol–water partition coefficient (Wildman–Crippen LogP) is 0.656. The van der Waals surface area contributed by atoms with Crippen LogP contribution in [0.15, 0.2) is 0 Å². The average Bonchev–Trinajstić information content (AvgIpc) is 1.96. The molecule has 0 radical (unpaired) electrons. The molecule has 0 aromatic rings. The van der Waals surface area contributed by atoms with Gasteiger partial charge < -0.3 is 5.11 Å². The van der Waals surface area contributed by atoms with Gasteiger partial charge in [0.25, 0.3) is 6.43 Å². The number of piperidine rings is 1. The maximum atomic E-state index is 12.7. The fourth-order valence-corrected chi connectivity index (χ4v) is 1.32. The SMILES string of the molecule is OC1CCN(CC(F)F)C[C@H]1F. The minimum Gasteiger partial charge on any atom is -0.390 e. The highest BCUT2D eigenvalue weighted by Gasteiger charge is 2.28. The Morgan fingerprint density at radius 2 is 2.17 bits per heavy atom. The van der Waals surface area contributed by atoms with Crippen LogP contribution in [0.3, 0.4) is 0 Å². The number of likely N-dealkylation sites (tertiary alicyclic amines) is 1. The van der Waals surface area contributed by atoms with Crippen molar-refractivity contribution in [3.05, 3.63) is 0 Å². The molecule has 1 saturated heterocycles. The third-order valence-corrected chi connectivity index (χ3v) is 1.99. The topological polar surface area (TPSA) is 23.5 Å². The Bertz CT molecular complexity index is 145. The Kier molecular flexibility index (Phi) is 3.34. The van der Waals surface area contributed by atoms with Gasteiger partial charge in [0.05, 0.1) is 12.6 Å². The quantitative estimate of drug-likeness (QED) is 0.679. The number of alkyl halides is 3. The molecule has 0 aliphatic carbocycles. The van der Waals surface area contributed by atoms with Crippen LogP contribution in [0, 0.1) is 0 Å². The molecule has 1 N–H and O–H groups in total. The summed E-state index contributed by atoms with van der Waals surface area (Å²) in [5.41, 5.74) is 0. The zero-order valence-electron chi connectivity index (χ0n) is 6.59. The van der Waals surface area contributed by atoms with Crippen LogP contribution in [-0.4, -0.2) is 48.3 Å². The van der Waals surface area contributed by atoms with Gasteiger partial charge in [0.1, 0.15) is 6.17 Å². The van der Waals surface area contributed by atoms with E-state index in [2.05, 4.69) is 0 Å². The van der Waals surface area contributed by atoms with Crippen LogP contribution in [-0.2, 0) is 0 Å². The van der Waals surface area contributed by atoms with E-state index in [4.69, 9.17) is 5.11 Å². The molecule has 1 aliphatic rings. The molecular weight excluding hydrogens is 171 g/mol. The molecule has 1 unspecified atom stereocenters. The first-order valence-electron chi connectivity index (χ1n) is 3.92. The van der Waals surface area contributed by atoms with Crippen LogP contribution >= 0.6 is 0 Å². The van der Waals surface area contributed by atoms with Crippen molar-refractivity contribution < 1.29 is 18.3 Å². The normalized spacial score (nSPS) is 32.8. The third kappa shape index (κ3) is 2.64. The highest BCUT2D eigenvalue weighted by molar-refractivity contribution is 4.79. The Morgan fingerprint density at radius 3 is 2.67 bits per heavy atom. The minimum absolute atomic E-state index is 0.0779. The van der Waals surface area contributed by atoms with Crippen LogP contribution in [0.5, 0.6) is 0 Å². The molecule has 0 amide bonds. The van der Waals surface area contributed by atoms with Gasteiger partial charge in [-0.15, -0.1) is 0 Å². The highest BCUT2D eigenvalue weighted by atomic mass is 19.3. The van der Waals surface area contributed by atoms with Gasteiger partial charge in [-0.1, -0.05) is 0 Å². The van der Waals surface area contributed by atoms with Gasteiger partial charge in [-0.05, 0) is 6.42 Å². The average molecular weight is 183 g/mol. The summed E-state index contributed by atoms with van der Waals surface area (Å²) in [6.45, 7) is -0.120. The molecule has 0 aromatic heterocycles. The molecule has 12 heavy (non-hydrogen) atoms. The van der Waals surface area contributed by atoms with Gasteiger partial charge >= 0.3 is 0 Å². The molecule has 1 aliphatic heterocycles. The third-order valence-electron chi connectivity index (χ3n) is 1.99. The first-order chi connectivity index (χ1) is 5.59. The fourth-order valence-electron chi connectivity index (χ4n) is 1.32. The van der Waals surface area contributed by atoms with E-state index >= 15 is 0 Å². The molecule has 2 atom stereocenters. The van der Waals surface area contributed by atoms with Gasteiger partial charge in [-0.2, -0.15) is 0 Å². The molecule has 1 heterocycles. The number of hydrogen-bond donors (Lipinski definition) is 1. The van der Waals surface area contributed by atoms with Crippen LogP contribution in [0.2, 0.25) is 0 Å². The lowest BCUT2D eigenvalue weighted by Gasteiger charge is -2.31. The van der Waals surface area contributed by atoms with E-state index in [0.29, 0.717) is 6.54 Å². The van der Waals surface area contributed by atoms with Crippen molar-refractivity contribution in [3.63, 3.8) is 0 Å². The largest absolute Gasteiger partial charge is 0.390 e. The molecular formula is C7H12F3NO. The summed E-state index contributed by atoms with van der Waals surface area (Å²) in [6, 6.07) is 0. The van der Waals surface area contributed by atoms with Gasteiger partial charge in [0.15, 0.2) is 0 Å². The Labute approximate surface area is 69.0 Å². The molecule has 0 aromatic carbocycles. The lowest BCUT2D eigenvalue weighted by molar-refractivity contribution is -0.0129. The maximum absolute atomic E-state index is 12.7. The van der Waals surface area contributed by atoms with Crippen molar-refractivity contribution in [2.24, 2.45) is 0 Å². The van der Waals surface area contributed by atoms with Crippen molar-refractivity contribution in [3.8, 4) is 0 Å². The van der Waals surface area contributed by atoms with E-state index in [-0.39, 0.29) is 13.0 Å². The molecule has 0 bridgehead atoms. The molecule has 2 nitrogen and oxygen atoms in total. The van der Waals surface area contributed by atoms with E-state index in [0.717, 1.165) is 0 Å². The second-order valence-electron chi connectivity index (χ2n) is 3.02. The fraction of sp³-hybridized carbons (Fsp3) is 1.00. The summed E-state index contributed by atoms with van der Waals surface area (Å²) < 4.78 is 36.4. The number of hydrogen-bond acceptors (Lipinski definition) is 2.